The van der Waals surface area contributed by atoms with Gasteiger partial charge in [-0.15, -0.1) is 0 Å². The van der Waals surface area contributed by atoms with Gasteiger partial charge in [0.1, 0.15) is 30.2 Å². The van der Waals surface area contributed by atoms with Crippen molar-refractivity contribution >= 4 is 18.5 Å². The molecule has 164 valence electrons. The van der Waals surface area contributed by atoms with E-state index in [-0.39, 0.29) is 31.1 Å². The van der Waals surface area contributed by atoms with Crippen molar-refractivity contribution in [2.24, 2.45) is 15.0 Å². The van der Waals surface area contributed by atoms with Crippen LogP contribution in [0.25, 0.3) is 0 Å². The molecule has 2 heterocycles. The van der Waals surface area contributed by atoms with Gasteiger partial charge in [-0.2, -0.15) is 0 Å². The van der Waals surface area contributed by atoms with E-state index >= 15 is 0 Å². The minimum Gasteiger partial charge on any atom is -0.497 e. The Labute approximate surface area is 177 Å². The highest BCUT2D eigenvalue weighted by Gasteiger charge is 2.34. The molecule has 0 spiro atoms. The number of aliphatic hydroxyl groups excluding tert-OH is 1. The molecule has 1 saturated heterocycles. The predicted octanol–water partition coefficient (Wildman–Crippen LogP) is 1.80. The van der Waals surface area contributed by atoms with Crippen LogP contribution < -0.4 is 14.8 Å². The quantitative estimate of drug-likeness (QED) is 0.732. The molecule has 2 N–H and O–H groups in total. The molecule has 30 heavy (non-hydrogen) atoms. The van der Waals surface area contributed by atoms with Gasteiger partial charge in [-0.05, 0) is 44.9 Å². The Morgan fingerprint density at radius 2 is 2.10 bits per heavy atom. The topological polar surface area (TPSA) is 100 Å². The van der Waals surface area contributed by atoms with Crippen LogP contribution in [0, 0.1) is 0 Å². The van der Waals surface area contributed by atoms with Crippen molar-refractivity contribution < 1.29 is 19.3 Å². The first-order valence-corrected chi connectivity index (χ1v) is 10.2. The van der Waals surface area contributed by atoms with Gasteiger partial charge in [0, 0.05) is 11.8 Å². The van der Waals surface area contributed by atoms with Crippen molar-refractivity contribution in [3.63, 3.8) is 0 Å². The van der Waals surface area contributed by atoms with Gasteiger partial charge >= 0.3 is 0 Å². The summed E-state index contributed by atoms with van der Waals surface area (Å²) < 4.78 is 16.9. The van der Waals surface area contributed by atoms with E-state index in [0.717, 1.165) is 29.9 Å². The van der Waals surface area contributed by atoms with Crippen molar-refractivity contribution in [2.75, 3.05) is 20.8 Å². The Hall–Kier alpha value is -2.65. The summed E-state index contributed by atoms with van der Waals surface area (Å²) >= 11 is 0. The first-order valence-electron chi connectivity index (χ1n) is 10.2. The highest BCUT2D eigenvalue weighted by molar-refractivity contribution is 5.86. The van der Waals surface area contributed by atoms with Crippen LogP contribution in [0.5, 0.6) is 11.5 Å². The maximum Gasteiger partial charge on any atom is 0.198 e. The highest BCUT2D eigenvalue weighted by Crippen LogP contribution is 2.27. The van der Waals surface area contributed by atoms with E-state index in [9.17, 15) is 5.11 Å². The zero-order valence-corrected chi connectivity index (χ0v) is 18.0. The van der Waals surface area contributed by atoms with Gasteiger partial charge < -0.3 is 24.6 Å². The summed E-state index contributed by atoms with van der Waals surface area (Å²) in [5.41, 5.74) is 0.907. The SMILES string of the molecule is COc1ccc(OC)c(CN=C2NC(C)C=N/C=N\C(C)N2C2CCC(CO)O2)c1. The van der Waals surface area contributed by atoms with Gasteiger partial charge in [0.2, 0.25) is 0 Å². The maximum absolute atomic E-state index is 9.50. The summed E-state index contributed by atoms with van der Waals surface area (Å²) in [6.07, 6.45) is 4.26. The lowest BCUT2D eigenvalue weighted by atomic mass is 10.2. The van der Waals surface area contributed by atoms with Gasteiger partial charge in [-0.25, -0.2) is 15.0 Å². The molecule has 0 bridgehead atoms. The molecule has 4 unspecified atom stereocenters. The number of rotatable bonds is 6. The molecule has 1 aromatic carbocycles. The molecule has 2 aliphatic rings. The number of aliphatic hydroxyl groups is 1. The van der Waals surface area contributed by atoms with Crippen LogP contribution in [0.4, 0.5) is 0 Å². The normalized spacial score (nSPS) is 29.1. The number of nitrogens with zero attached hydrogens (tertiary/aromatic N) is 4. The number of benzene rings is 1. The monoisotopic (exact) mass is 417 g/mol. The Kier molecular flexibility index (Phi) is 7.64. The molecule has 0 aromatic heterocycles. The Morgan fingerprint density at radius 1 is 1.27 bits per heavy atom. The second-order valence-corrected chi connectivity index (χ2v) is 7.33. The van der Waals surface area contributed by atoms with E-state index in [1.165, 1.54) is 0 Å². The van der Waals surface area contributed by atoms with Crippen molar-refractivity contribution in [1.29, 1.82) is 0 Å². The Bertz CT molecular complexity index is 798. The standard InChI is InChI=1S/C21H31N5O4/c1-14-10-22-13-24-15(2)26(20-8-6-18(12-27)30-20)21(25-14)23-11-16-9-17(28-3)5-7-19(16)29-4/h5,7,9-10,13-15,18,20,27H,6,8,11-12H2,1-4H3,(H,23,25)/b22-10?,24-13-. The fourth-order valence-electron chi connectivity index (χ4n) is 3.56. The van der Waals surface area contributed by atoms with E-state index in [2.05, 4.69) is 15.3 Å². The largest absolute Gasteiger partial charge is 0.497 e. The summed E-state index contributed by atoms with van der Waals surface area (Å²) in [6, 6.07) is 5.60. The number of methoxy groups -OCH3 is 2. The highest BCUT2D eigenvalue weighted by atomic mass is 16.5. The molecule has 3 rings (SSSR count). The van der Waals surface area contributed by atoms with Crippen LogP contribution >= 0.6 is 0 Å². The smallest absolute Gasteiger partial charge is 0.198 e. The second kappa shape index (κ2) is 10.4. The van der Waals surface area contributed by atoms with Gasteiger partial charge in [0.15, 0.2) is 5.96 Å². The lowest BCUT2D eigenvalue weighted by molar-refractivity contribution is -0.0527. The van der Waals surface area contributed by atoms with E-state index in [1.807, 2.05) is 36.9 Å². The van der Waals surface area contributed by atoms with Gasteiger partial charge in [0.25, 0.3) is 0 Å². The van der Waals surface area contributed by atoms with Crippen LogP contribution in [0.3, 0.4) is 0 Å². The number of aliphatic imine (C=N–C) groups is 3. The number of ether oxygens (including phenoxy) is 3. The third-order valence-electron chi connectivity index (χ3n) is 5.15. The molecule has 4 atom stereocenters. The molecule has 0 radical (unpaired) electrons. The van der Waals surface area contributed by atoms with Crippen LogP contribution in [-0.4, -0.2) is 73.9 Å². The minimum atomic E-state index is -0.242. The van der Waals surface area contributed by atoms with Crippen LogP contribution in [0.15, 0.2) is 33.2 Å². The summed E-state index contributed by atoms with van der Waals surface area (Å²) in [5.74, 6) is 2.15. The molecule has 1 fully saturated rings. The minimum absolute atomic E-state index is 0.00240. The van der Waals surface area contributed by atoms with Crippen LogP contribution in [0.2, 0.25) is 0 Å². The maximum atomic E-state index is 9.50. The van der Waals surface area contributed by atoms with E-state index in [0.29, 0.717) is 12.5 Å². The van der Waals surface area contributed by atoms with Crippen LogP contribution in [0.1, 0.15) is 32.3 Å². The molecule has 0 aliphatic carbocycles. The van der Waals surface area contributed by atoms with E-state index < -0.39 is 0 Å². The van der Waals surface area contributed by atoms with E-state index in [4.69, 9.17) is 19.2 Å². The zero-order valence-electron chi connectivity index (χ0n) is 18.0. The molecule has 1 aromatic rings. The fraction of sp³-hybridized carbons (Fsp3) is 0.571. The van der Waals surface area contributed by atoms with Gasteiger partial charge in [-0.1, -0.05) is 0 Å². The van der Waals surface area contributed by atoms with Crippen molar-refractivity contribution in [2.45, 2.75) is 57.8 Å². The second-order valence-electron chi connectivity index (χ2n) is 7.33. The number of hydrogen-bond acceptors (Lipinski definition) is 7. The van der Waals surface area contributed by atoms with Crippen LogP contribution in [-0.2, 0) is 11.3 Å². The van der Waals surface area contributed by atoms with Gasteiger partial charge in [-0.3, -0.25) is 4.90 Å². The van der Waals surface area contributed by atoms with Crippen molar-refractivity contribution in [1.82, 2.24) is 10.2 Å². The molecule has 9 nitrogen and oxygen atoms in total. The first-order chi connectivity index (χ1) is 14.5. The lowest BCUT2D eigenvalue weighted by Gasteiger charge is -2.35. The number of guanidine groups is 1. The Morgan fingerprint density at radius 3 is 2.80 bits per heavy atom. The fourth-order valence-corrected chi connectivity index (χ4v) is 3.56. The average molecular weight is 418 g/mol. The van der Waals surface area contributed by atoms with E-state index in [1.54, 1.807) is 26.8 Å². The first kappa shape index (κ1) is 22.0. The van der Waals surface area contributed by atoms with Gasteiger partial charge in [0.05, 0.1) is 39.5 Å². The molecule has 0 saturated carbocycles. The molecular weight excluding hydrogens is 386 g/mol. The van der Waals surface area contributed by atoms with Crippen molar-refractivity contribution in [3.05, 3.63) is 23.8 Å². The summed E-state index contributed by atoms with van der Waals surface area (Å²) in [4.78, 5) is 15.6. The number of hydrogen-bond donors (Lipinski definition) is 2. The summed E-state index contributed by atoms with van der Waals surface area (Å²) in [6.45, 7) is 4.36. The summed E-state index contributed by atoms with van der Waals surface area (Å²) in [7, 11) is 3.27. The average Bonchev–Trinajstić information content (AvgIpc) is 3.24. The molecule has 9 heteroatoms. The number of nitrogens with one attached hydrogen (secondary N) is 1. The molecular formula is C21H31N5O4. The third-order valence-corrected chi connectivity index (χ3v) is 5.15. The zero-order chi connectivity index (χ0) is 21.5. The summed E-state index contributed by atoms with van der Waals surface area (Å²) in [5, 5.41) is 12.9. The molecule has 0 amide bonds. The Balaban J connectivity index is 1.93. The third kappa shape index (κ3) is 5.28. The molecule has 2 aliphatic heterocycles. The predicted molar refractivity (Wildman–Crippen MR) is 117 cm³/mol. The van der Waals surface area contributed by atoms with Crippen molar-refractivity contribution in [3.8, 4) is 11.5 Å². The lowest BCUT2D eigenvalue weighted by Crippen LogP contribution is -2.53.